The maximum atomic E-state index is 5.32. The van der Waals surface area contributed by atoms with Gasteiger partial charge >= 0.3 is 0 Å². The van der Waals surface area contributed by atoms with Crippen molar-refractivity contribution in [1.29, 1.82) is 0 Å². The van der Waals surface area contributed by atoms with Gasteiger partial charge in [-0.3, -0.25) is 0 Å². The SMILES string of the molecule is CC(C)(C)CS/C=C/c1cc(C(C)(C)C)on1. The van der Waals surface area contributed by atoms with E-state index in [1.807, 2.05) is 23.9 Å². The first-order valence-corrected chi connectivity index (χ1v) is 6.99. The van der Waals surface area contributed by atoms with Crippen molar-refractivity contribution in [2.45, 2.75) is 47.0 Å². The molecule has 0 N–H and O–H groups in total. The molecule has 0 aliphatic carbocycles. The number of thioether (sulfide) groups is 1. The molecule has 0 aliphatic heterocycles. The summed E-state index contributed by atoms with van der Waals surface area (Å²) in [5.74, 6) is 2.03. The Morgan fingerprint density at radius 2 is 1.88 bits per heavy atom. The Bertz CT molecular complexity index is 380. The molecule has 0 spiro atoms. The molecule has 3 heteroatoms. The summed E-state index contributed by atoms with van der Waals surface area (Å²) in [6.45, 7) is 13.1. The Balaban J connectivity index is 2.53. The Morgan fingerprint density at radius 1 is 1.24 bits per heavy atom. The molecule has 1 rings (SSSR count). The van der Waals surface area contributed by atoms with E-state index in [-0.39, 0.29) is 5.41 Å². The van der Waals surface area contributed by atoms with Crippen LogP contribution in [0.3, 0.4) is 0 Å². The smallest absolute Gasteiger partial charge is 0.142 e. The molecule has 0 fully saturated rings. The van der Waals surface area contributed by atoms with Gasteiger partial charge in [0.2, 0.25) is 0 Å². The fourth-order valence-electron chi connectivity index (χ4n) is 1.14. The van der Waals surface area contributed by atoms with Crippen LogP contribution in [0.1, 0.15) is 53.0 Å². The third-order valence-electron chi connectivity index (χ3n) is 2.12. The zero-order chi connectivity index (χ0) is 13.1. The van der Waals surface area contributed by atoms with Crippen LogP contribution in [-0.2, 0) is 5.41 Å². The van der Waals surface area contributed by atoms with Gasteiger partial charge in [0.15, 0.2) is 0 Å². The molecular weight excluding hydrogens is 230 g/mol. The van der Waals surface area contributed by atoms with Crippen LogP contribution in [0.2, 0.25) is 0 Å². The lowest BCUT2D eigenvalue weighted by Crippen LogP contribution is -2.09. The summed E-state index contributed by atoms with van der Waals surface area (Å²) in [5.41, 5.74) is 1.28. The van der Waals surface area contributed by atoms with Crippen molar-refractivity contribution in [2.75, 3.05) is 5.75 Å². The molecular formula is C14H23NOS. The van der Waals surface area contributed by atoms with Crippen molar-refractivity contribution >= 4 is 17.8 Å². The van der Waals surface area contributed by atoms with E-state index in [4.69, 9.17) is 4.52 Å². The van der Waals surface area contributed by atoms with Crippen LogP contribution < -0.4 is 0 Å². The average molecular weight is 253 g/mol. The van der Waals surface area contributed by atoms with Gasteiger partial charge in [-0.1, -0.05) is 46.7 Å². The maximum absolute atomic E-state index is 5.32. The zero-order valence-electron chi connectivity index (χ0n) is 11.7. The minimum atomic E-state index is 0.0254. The number of hydrogen-bond acceptors (Lipinski definition) is 3. The predicted octanol–water partition coefficient (Wildman–Crippen LogP) is 4.72. The van der Waals surface area contributed by atoms with Gasteiger partial charge in [0.1, 0.15) is 11.5 Å². The summed E-state index contributed by atoms with van der Waals surface area (Å²) < 4.78 is 5.32. The summed E-state index contributed by atoms with van der Waals surface area (Å²) >= 11 is 1.81. The summed E-state index contributed by atoms with van der Waals surface area (Å²) in [7, 11) is 0. The standard InChI is InChI=1S/C14H23NOS/c1-13(2,3)10-17-8-7-11-9-12(16-15-11)14(4,5)6/h7-9H,10H2,1-6H3/b8-7+. The predicted molar refractivity (Wildman–Crippen MR) is 76.2 cm³/mol. The van der Waals surface area contributed by atoms with Crippen molar-refractivity contribution in [3.63, 3.8) is 0 Å². The fourth-order valence-corrected chi connectivity index (χ4v) is 1.97. The lowest BCUT2D eigenvalue weighted by Gasteiger charge is -2.15. The minimum Gasteiger partial charge on any atom is -0.360 e. The molecule has 0 bridgehead atoms. The number of hydrogen-bond donors (Lipinski definition) is 0. The van der Waals surface area contributed by atoms with Gasteiger partial charge in [-0.2, -0.15) is 0 Å². The molecule has 0 saturated heterocycles. The summed E-state index contributed by atoms with van der Waals surface area (Å²) in [4.78, 5) is 0. The average Bonchev–Trinajstić information content (AvgIpc) is 2.58. The van der Waals surface area contributed by atoms with Gasteiger partial charge in [-0.15, -0.1) is 11.8 Å². The Hall–Kier alpha value is -0.700. The summed E-state index contributed by atoms with van der Waals surface area (Å²) in [6, 6.07) is 2.01. The number of aromatic nitrogens is 1. The Labute approximate surface area is 109 Å². The van der Waals surface area contributed by atoms with Crippen LogP contribution in [0.4, 0.5) is 0 Å². The van der Waals surface area contributed by atoms with E-state index < -0.39 is 0 Å². The van der Waals surface area contributed by atoms with Crippen molar-refractivity contribution in [3.8, 4) is 0 Å². The van der Waals surface area contributed by atoms with E-state index >= 15 is 0 Å². The molecule has 0 atom stereocenters. The molecule has 1 aromatic heterocycles. The molecule has 96 valence electrons. The van der Waals surface area contributed by atoms with Gasteiger partial charge in [-0.05, 0) is 16.9 Å². The van der Waals surface area contributed by atoms with E-state index in [2.05, 4.69) is 52.1 Å². The molecule has 1 aromatic rings. The second-order valence-electron chi connectivity index (χ2n) is 6.54. The summed E-state index contributed by atoms with van der Waals surface area (Å²) in [5, 5.41) is 6.13. The van der Waals surface area contributed by atoms with Crippen molar-refractivity contribution < 1.29 is 4.52 Å². The van der Waals surface area contributed by atoms with Crippen LogP contribution in [0, 0.1) is 5.41 Å². The highest BCUT2D eigenvalue weighted by atomic mass is 32.2. The van der Waals surface area contributed by atoms with Crippen molar-refractivity contribution in [2.24, 2.45) is 5.41 Å². The second-order valence-corrected chi connectivity index (χ2v) is 7.43. The first-order valence-electron chi connectivity index (χ1n) is 5.94. The molecule has 17 heavy (non-hydrogen) atoms. The largest absolute Gasteiger partial charge is 0.360 e. The van der Waals surface area contributed by atoms with Gasteiger partial charge in [-0.25, -0.2) is 0 Å². The lowest BCUT2D eigenvalue weighted by molar-refractivity contribution is 0.328. The van der Waals surface area contributed by atoms with Crippen LogP contribution >= 0.6 is 11.8 Å². The Morgan fingerprint density at radius 3 is 2.35 bits per heavy atom. The third-order valence-corrected chi connectivity index (χ3v) is 3.48. The highest BCUT2D eigenvalue weighted by molar-refractivity contribution is 8.02. The normalized spacial score (nSPS) is 13.5. The zero-order valence-corrected chi connectivity index (χ0v) is 12.5. The van der Waals surface area contributed by atoms with Gasteiger partial charge < -0.3 is 4.52 Å². The maximum Gasteiger partial charge on any atom is 0.142 e. The molecule has 0 aromatic carbocycles. The van der Waals surface area contributed by atoms with E-state index in [9.17, 15) is 0 Å². The molecule has 0 amide bonds. The van der Waals surface area contributed by atoms with E-state index in [0.717, 1.165) is 17.2 Å². The van der Waals surface area contributed by atoms with Crippen molar-refractivity contribution in [1.82, 2.24) is 5.16 Å². The highest BCUT2D eigenvalue weighted by Gasteiger charge is 2.18. The van der Waals surface area contributed by atoms with Crippen LogP contribution in [0.25, 0.3) is 6.08 Å². The lowest BCUT2D eigenvalue weighted by atomic mass is 9.93. The third kappa shape index (κ3) is 5.44. The highest BCUT2D eigenvalue weighted by Crippen LogP contribution is 2.24. The first-order chi connectivity index (χ1) is 7.68. The minimum absolute atomic E-state index is 0.0254. The molecule has 1 heterocycles. The summed E-state index contributed by atoms with van der Waals surface area (Å²) in [6.07, 6.45) is 2.01. The quantitative estimate of drug-likeness (QED) is 0.779. The van der Waals surface area contributed by atoms with Crippen LogP contribution in [0.15, 0.2) is 16.0 Å². The molecule has 0 radical (unpaired) electrons. The van der Waals surface area contributed by atoms with E-state index in [1.54, 1.807) is 0 Å². The second kappa shape index (κ2) is 5.30. The van der Waals surface area contributed by atoms with E-state index in [1.165, 1.54) is 0 Å². The van der Waals surface area contributed by atoms with Crippen LogP contribution in [0.5, 0.6) is 0 Å². The molecule has 2 nitrogen and oxygen atoms in total. The van der Waals surface area contributed by atoms with Gasteiger partial charge in [0.05, 0.1) is 0 Å². The Kier molecular flexibility index (Phi) is 4.48. The monoisotopic (exact) mass is 253 g/mol. The first kappa shape index (κ1) is 14.4. The molecule has 0 unspecified atom stereocenters. The van der Waals surface area contributed by atoms with Gasteiger partial charge in [0, 0.05) is 17.2 Å². The fraction of sp³-hybridized carbons (Fsp3) is 0.643. The topological polar surface area (TPSA) is 26.0 Å². The number of rotatable bonds is 3. The molecule has 0 aliphatic rings. The molecule has 0 saturated carbocycles. The van der Waals surface area contributed by atoms with Crippen LogP contribution in [-0.4, -0.2) is 10.9 Å². The number of nitrogens with zero attached hydrogens (tertiary/aromatic N) is 1. The van der Waals surface area contributed by atoms with Gasteiger partial charge in [0.25, 0.3) is 0 Å². The van der Waals surface area contributed by atoms with E-state index in [0.29, 0.717) is 5.41 Å². The van der Waals surface area contributed by atoms with Crippen molar-refractivity contribution in [3.05, 3.63) is 22.9 Å².